The summed E-state index contributed by atoms with van der Waals surface area (Å²) in [6.07, 6.45) is 5.58. The van der Waals surface area contributed by atoms with Crippen molar-refractivity contribution in [3.05, 3.63) is 28.5 Å². The molecule has 100 valence electrons. The fourth-order valence-electron chi connectivity index (χ4n) is 1.89. The Hall–Kier alpha value is -1.09. The maximum absolute atomic E-state index is 12.3. The van der Waals surface area contributed by atoms with Gasteiger partial charge in [0.1, 0.15) is 0 Å². The predicted molar refractivity (Wildman–Crippen MR) is 79.7 cm³/mol. The van der Waals surface area contributed by atoms with Crippen LogP contribution < -0.4 is 0 Å². The van der Waals surface area contributed by atoms with Gasteiger partial charge in [-0.3, -0.25) is 4.79 Å². The lowest BCUT2D eigenvalue weighted by molar-refractivity contribution is -0.130. The van der Waals surface area contributed by atoms with E-state index in [0.717, 1.165) is 17.7 Å². The highest BCUT2D eigenvalue weighted by atomic mass is 32.1. The SMILES string of the molecule is CC[C@@H](C)N(C(=O)/C=C/c1cccs1)[C@H](C)CC. The Morgan fingerprint density at radius 3 is 2.39 bits per heavy atom. The third-order valence-corrected chi connectivity index (χ3v) is 4.16. The Bertz CT molecular complexity index is 373. The quantitative estimate of drug-likeness (QED) is 0.706. The summed E-state index contributed by atoms with van der Waals surface area (Å²) < 4.78 is 0. The summed E-state index contributed by atoms with van der Waals surface area (Å²) in [6, 6.07) is 4.60. The van der Waals surface area contributed by atoms with Crippen LogP contribution in [0.25, 0.3) is 6.08 Å². The predicted octanol–water partition coefficient (Wildman–Crippen LogP) is 4.19. The molecule has 0 N–H and O–H groups in total. The van der Waals surface area contributed by atoms with E-state index in [0.29, 0.717) is 12.1 Å². The van der Waals surface area contributed by atoms with E-state index in [1.54, 1.807) is 17.4 Å². The smallest absolute Gasteiger partial charge is 0.247 e. The number of hydrogen-bond donors (Lipinski definition) is 0. The lowest BCUT2D eigenvalue weighted by Gasteiger charge is -2.33. The number of nitrogens with zero attached hydrogens (tertiary/aromatic N) is 1. The van der Waals surface area contributed by atoms with Gasteiger partial charge in [0.05, 0.1) is 0 Å². The van der Waals surface area contributed by atoms with E-state index in [-0.39, 0.29) is 5.91 Å². The lowest BCUT2D eigenvalue weighted by Crippen LogP contribution is -2.43. The summed E-state index contributed by atoms with van der Waals surface area (Å²) in [4.78, 5) is 15.4. The van der Waals surface area contributed by atoms with Gasteiger partial charge in [0, 0.05) is 23.0 Å². The van der Waals surface area contributed by atoms with Gasteiger partial charge in [-0.15, -0.1) is 11.3 Å². The maximum atomic E-state index is 12.3. The van der Waals surface area contributed by atoms with E-state index in [2.05, 4.69) is 27.7 Å². The van der Waals surface area contributed by atoms with Crippen molar-refractivity contribution in [3.63, 3.8) is 0 Å². The third-order valence-electron chi connectivity index (χ3n) is 3.32. The second kappa shape index (κ2) is 7.37. The summed E-state index contributed by atoms with van der Waals surface area (Å²) in [5.74, 6) is 0.118. The van der Waals surface area contributed by atoms with Crippen LogP contribution in [0.1, 0.15) is 45.4 Å². The molecule has 18 heavy (non-hydrogen) atoms. The minimum Gasteiger partial charge on any atom is -0.334 e. The topological polar surface area (TPSA) is 20.3 Å². The molecule has 0 saturated heterocycles. The van der Waals surface area contributed by atoms with Crippen LogP contribution in [0.2, 0.25) is 0 Å². The van der Waals surface area contributed by atoms with Gasteiger partial charge in [0.2, 0.25) is 5.91 Å². The van der Waals surface area contributed by atoms with E-state index >= 15 is 0 Å². The zero-order valence-corrected chi connectivity index (χ0v) is 12.5. The molecule has 0 radical (unpaired) electrons. The van der Waals surface area contributed by atoms with Gasteiger partial charge in [-0.25, -0.2) is 0 Å². The second-order valence-electron chi connectivity index (χ2n) is 4.61. The van der Waals surface area contributed by atoms with Crippen LogP contribution in [-0.2, 0) is 4.79 Å². The van der Waals surface area contributed by atoms with E-state index in [4.69, 9.17) is 0 Å². The van der Waals surface area contributed by atoms with Crippen LogP contribution in [0.4, 0.5) is 0 Å². The van der Waals surface area contributed by atoms with Crippen LogP contribution in [-0.4, -0.2) is 22.9 Å². The second-order valence-corrected chi connectivity index (χ2v) is 5.59. The van der Waals surface area contributed by atoms with Crippen molar-refractivity contribution in [2.24, 2.45) is 0 Å². The third kappa shape index (κ3) is 3.98. The van der Waals surface area contributed by atoms with Gasteiger partial charge in [-0.2, -0.15) is 0 Å². The first-order valence-corrected chi connectivity index (χ1v) is 7.52. The van der Waals surface area contributed by atoms with Crippen molar-refractivity contribution in [3.8, 4) is 0 Å². The Balaban J connectivity index is 2.76. The number of carbonyl (C=O) groups excluding carboxylic acids is 1. The first-order valence-electron chi connectivity index (χ1n) is 6.64. The van der Waals surface area contributed by atoms with Gasteiger partial charge in [-0.1, -0.05) is 19.9 Å². The lowest BCUT2D eigenvalue weighted by atomic mass is 10.1. The van der Waals surface area contributed by atoms with E-state index < -0.39 is 0 Å². The molecule has 0 spiro atoms. The molecular weight excluding hydrogens is 242 g/mol. The molecule has 1 rings (SSSR count). The number of carbonyl (C=O) groups is 1. The van der Waals surface area contributed by atoms with Crippen molar-refractivity contribution in [1.29, 1.82) is 0 Å². The molecule has 0 aliphatic carbocycles. The molecule has 0 aromatic carbocycles. The Labute approximate surface area is 114 Å². The highest BCUT2D eigenvalue weighted by Gasteiger charge is 2.21. The van der Waals surface area contributed by atoms with E-state index in [1.807, 2.05) is 28.5 Å². The van der Waals surface area contributed by atoms with Crippen molar-refractivity contribution in [1.82, 2.24) is 4.90 Å². The number of thiophene rings is 1. The van der Waals surface area contributed by atoms with Crippen LogP contribution in [0.15, 0.2) is 23.6 Å². The van der Waals surface area contributed by atoms with Gasteiger partial charge < -0.3 is 4.90 Å². The van der Waals surface area contributed by atoms with Crippen LogP contribution >= 0.6 is 11.3 Å². The van der Waals surface area contributed by atoms with Gasteiger partial charge >= 0.3 is 0 Å². The highest BCUT2D eigenvalue weighted by molar-refractivity contribution is 7.10. The van der Waals surface area contributed by atoms with Crippen molar-refractivity contribution >= 4 is 23.3 Å². The van der Waals surface area contributed by atoms with Crippen molar-refractivity contribution in [2.75, 3.05) is 0 Å². The number of amides is 1. The number of hydrogen-bond acceptors (Lipinski definition) is 2. The average Bonchev–Trinajstić information content (AvgIpc) is 2.89. The summed E-state index contributed by atoms with van der Waals surface area (Å²) in [6.45, 7) is 8.47. The molecule has 3 heteroatoms. The Kier molecular flexibility index (Phi) is 6.13. The summed E-state index contributed by atoms with van der Waals surface area (Å²) in [7, 11) is 0. The molecule has 1 heterocycles. The zero-order valence-electron chi connectivity index (χ0n) is 11.7. The van der Waals surface area contributed by atoms with Gasteiger partial charge in [0.15, 0.2) is 0 Å². The average molecular weight is 265 g/mol. The van der Waals surface area contributed by atoms with Crippen LogP contribution in [0, 0.1) is 0 Å². The molecule has 1 aromatic heterocycles. The van der Waals surface area contributed by atoms with E-state index in [9.17, 15) is 4.79 Å². The molecule has 0 aliphatic heterocycles. The fraction of sp³-hybridized carbons (Fsp3) is 0.533. The molecule has 1 amide bonds. The monoisotopic (exact) mass is 265 g/mol. The minimum absolute atomic E-state index is 0.118. The molecule has 0 fully saturated rings. The summed E-state index contributed by atoms with van der Waals surface area (Å²) in [5, 5.41) is 2.02. The standard InChI is InChI=1S/C15H23NOS/c1-5-12(3)16(13(4)6-2)15(17)10-9-14-8-7-11-18-14/h7-13H,5-6H2,1-4H3/b10-9+/t12-,13-/m1/s1. The number of rotatable bonds is 6. The summed E-state index contributed by atoms with van der Waals surface area (Å²) in [5.41, 5.74) is 0. The molecule has 0 aliphatic rings. The first-order chi connectivity index (χ1) is 8.60. The maximum Gasteiger partial charge on any atom is 0.247 e. The molecule has 0 saturated carbocycles. The fourth-order valence-corrected chi connectivity index (χ4v) is 2.51. The largest absolute Gasteiger partial charge is 0.334 e. The minimum atomic E-state index is 0.118. The molecule has 2 atom stereocenters. The van der Waals surface area contributed by atoms with Crippen LogP contribution in [0.3, 0.4) is 0 Å². The van der Waals surface area contributed by atoms with E-state index in [1.165, 1.54) is 0 Å². The highest BCUT2D eigenvalue weighted by Crippen LogP contribution is 2.15. The van der Waals surface area contributed by atoms with Crippen molar-refractivity contribution < 1.29 is 4.79 Å². The molecular formula is C15H23NOS. The molecule has 1 aromatic rings. The molecule has 0 unspecified atom stereocenters. The van der Waals surface area contributed by atoms with Gasteiger partial charge in [-0.05, 0) is 44.2 Å². The van der Waals surface area contributed by atoms with Gasteiger partial charge in [0.25, 0.3) is 0 Å². The first kappa shape index (κ1) is 15.0. The Morgan fingerprint density at radius 1 is 1.33 bits per heavy atom. The zero-order chi connectivity index (χ0) is 13.5. The van der Waals surface area contributed by atoms with Crippen LogP contribution in [0.5, 0.6) is 0 Å². The Morgan fingerprint density at radius 2 is 1.94 bits per heavy atom. The molecule has 2 nitrogen and oxygen atoms in total. The normalized spacial score (nSPS) is 14.7. The van der Waals surface area contributed by atoms with Crippen molar-refractivity contribution in [2.45, 2.75) is 52.6 Å². The summed E-state index contributed by atoms with van der Waals surface area (Å²) >= 11 is 1.65. The molecule has 0 bridgehead atoms.